The average Bonchev–Trinajstić information content (AvgIpc) is 2.46. The van der Waals surface area contributed by atoms with E-state index < -0.39 is 15.8 Å². The Labute approximate surface area is 123 Å². The number of amidine groups is 1. The lowest BCUT2D eigenvalue weighted by Gasteiger charge is -2.10. The number of rotatable bonds is 3. The van der Waals surface area contributed by atoms with Gasteiger partial charge in [-0.25, -0.2) is 12.8 Å². The van der Waals surface area contributed by atoms with Crippen molar-refractivity contribution in [1.29, 1.82) is 0 Å². The lowest BCUT2D eigenvalue weighted by atomic mass is 10.2. The van der Waals surface area contributed by atoms with Crippen LogP contribution in [0.2, 0.25) is 0 Å². The van der Waals surface area contributed by atoms with Crippen LogP contribution in [0.15, 0.2) is 58.4 Å². The van der Waals surface area contributed by atoms with Crippen molar-refractivity contribution in [3.8, 4) is 0 Å². The van der Waals surface area contributed by atoms with E-state index in [-0.39, 0.29) is 10.7 Å². The van der Waals surface area contributed by atoms with Crippen molar-refractivity contribution in [2.75, 3.05) is 7.05 Å². The second-order valence-corrected chi connectivity index (χ2v) is 6.18. The molecule has 21 heavy (non-hydrogen) atoms. The molecule has 110 valence electrons. The fourth-order valence-corrected chi connectivity index (χ4v) is 2.82. The van der Waals surface area contributed by atoms with E-state index in [4.69, 9.17) is 0 Å². The van der Waals surface area contributed by atoms with Crippen molar-refractivity contribution in [2.45, 2.75) is 11.8 Å². The Balaban J connectivity index is 2.29. The van der Waals surface area contributed by atoms with Gasteiger partial charge in [-0.2, -0.15) is 0 Å². The van der Waals surface area contributed by atoms with Gasteiger partial charge in [-0.3, -0.25) is 9.71 Å². The topological polar surface area (TPSA) is 58.5 Å². The number of sulfonamides is 1. The van der Waals surface area contributed by atoms with E-state index in [0.717, 1.165) is 5.56 Å². The zero-order chi connectivity index (χ0) is 15.5. The smallest absolute Gasteiger partial charge is 0.263 e. The number of hydrogen-bond acceptors (Lipinski definition) is 3. The van der Waals surface area contributed by atoms with Crippen molar-refractivity contribution in [3.63, 3.8) is 0 Å². The fourth-order valence-electron chi connectivity index (χ4n) is 1.75. The van der Waals surface area contributed by atoms with Crippen molar-refractivity contribution in [2.24, 2.45) is 4.99 Å². The zero-order valence-electron chi connectivity index (χ0n) is 11.7. The lowest BCUT2D eigenvalue weighted by Crippen LogP contribution is -2.31. The fraction of sp³-hybridized carbons (Fsp3) is 0.133. The minimum atomic E-state index is -3.72. The monoisotopic (exact) mass is 306 g/mol. The highest BCUT2D eigenvalue weighted by molar-refractivity contribution is 7.90. The Morgan fingerprint density at radius 2 is 1.62 bits per heavy atom. The molecule has 0 atom stereocenters. The molecule has 2 rings (SSSR count). The lowest BCUT2D eigenvalue weighted by molar-refractivity contribution is 0.592. The normalized spacial score (nSPS) is 12.2. The first-order valence-corrected chi connectivity index (χ1v) is 7.73. The third kappa shape index (κ3) is 3.66. The molecule has 0 aliphatic heterocycles. The molecule has 0 unspecified atom stereocenters. The summed E-state index contributed by atoms with van der Waals surface area (Å²) >= 11 is 0. The van der Waals surface area contributed by atoms with E-state index in [0.29, 0.717) is 5.56 Å². The summed E-state index contributed by atoms with van der Waals surface area (Å²) in [5, 5.41) is 0. The van der Waals surface area contributed by atoms with Gasteiger partial charge in [0.15, 0.2) is 0 Å². The molecular weight excluding hydrogens is 291 g/mol. The van der Waals surface area contributed by atoms with Gasteiger partial charge in [0.1, 0.15) is 11.7 Å². The predicted octanol–water partition coefficient (Wildman–Crippen LogP) is 2.49. The van der Waals surface area contributed by atoms with Gasteiger partial charge in [0.25, 0.3) is 10.0 Å². The number of aryl methyl sites for hydroxylation is 1. The third-order valence-electron chi connectivity index (χ3n) is 2.90. The summed E-state index contributed by atoms with van der Waals surface area (Å²) in [6.45, 7) is 1.88. The van der Waals surface area contributed by atoms with Crippen LogP contribution in [-0.4, -0.2) is 21.3 Å². The van der Waals surface area contributed by atoms with Crippen LogP contribution < -0.4 is 4.72 Å². The quantitative estimate of drug-likeness (QED) is 0.699. The first kappa shape index (κ1) is 15.2. The molecule has 0 bridgehead atoms. The maximum Gasteiger partial charge on any atom is 0.263 e. The Kier molecular flexibility index (Phi) is 4.37. The molecular formula is C15H15FN2O2S. The molecule has 2 aromatic rings. The third-order valence-corrected chi connectivity index (χ3v) is 4.26. The Morgan fingerprint density at radius 3 is 2.14 bits per heavy atom. The molecule has 0 amide bonds. The van der Waals surface area contributed by atoms with Crippen LogP contribution in [0.25, 0.3) is 0 Å². The molecule has 0 aliphatic carbocycles. The van der Waals surface area contributed by atoms with Crippen molar-refractivity contribution in [1.82, 2.24) is 4.72 Å². The van der Waals surface area contributed by atoms with Crippen molar-refractivity contribution >= 4 is 15.9 Å². The summed E-state index contributed by atoms with van der Waals surface area (Å²) in [7, 11) is -2.25. The van der Waals surface area contributed by atoms with Crippen molar-refractivity contribution < 1.29 is 12.8 Å². The molecule has 0 saturated carbocycles. The highest BCUT2D eigenvalue weighted by Gasteiger charge is 2.16. The number of aliphatic imine (C=N–C) groups is 1. The van der Waals surface area contributed by atoms with Gasteiger partial charge in [-0.15, -0.1) is 0 Å². The van der Waals surface area contributed by atoms with Crippen LogP contribution in [0.4, 0.5) is 4.39 Å². The Bertz CT molecular complexity index is 751. The van der Waals surface area contributed by atoms with Crippen LogP contribution in [0, 0.1) is 12.7 Å². The van der Waals surface area contributed by atoms with Gasteiger partial charge < -0.3 is 0 Å². The summed E-state index contributed by atoms with van der Waals surface area (Å²) in [4.78, 5) is 4.07. The van der Waals surface area contributed by atoms with Crippen molar-refractivity contribution in [3.05, 3.63) is 65.5 Å². The number of hydrogen-bond donors (Lipinski definition) is 1. The van der Waals surface area contributed by atoms with Crippen LogP contribution >= 0.6 is 0 Å². The van der Waals surface area contributed by atoms with Gasteiger partial charge >= 0.3 is 0 Å². The summed E-state index contributed by atoms with van der Waals surface area (Å²) in [5.41, 5.74) is 1.46. The minimum Gasteiger partial charge on any atom is -0.271 e. The number of nitrogens with zero attached hydrogens (tertiary/aromatic N) is 1. The zero-order valence-corrected chi connectivity index (χ0v) is 12.5. The van der Waals surface area contributed by atoms with Gasteiger partial charge in [-0.1, -0.05) is 17.7 Å². The standard InChI is InChI=1S/C15H15FN2O2S/c1-11-3-9-14(10-4-11)21(19,20)18-15(17-2)12-5-7-13(16)8-6-12/h3-10H,1-2H3,(H,17,18). The van der Waals surface area contributed by atoms with Crippen LogP contribution in [-0.2, 0) is 10.0 Å². The van der Waals surface area contributed by atoms with Gasteiger partial charge in [-0.05, 0) is 43.3 Å². The van der Waals surface area contributed by atoms with Gasteiger partial charge in [0, 0.05) is 12.6 Å². The number of halogens is 1. The van der Waals surface area contributed by atoms with Crippen LogP contribution in [0.1, 0.15) is 11.1 Å². The predicted molar refractivity (Wildman–Crippen MR) is 80.4 cm³/mol. The molecule has 0 fully saturated rings. The molecule has 0 aliphatic rings. The number of nitrogens with one attached hydrogen (secondary N) is 1. The highest BCUT2D eigenvalue weighted by Crippen LogP contribution is 2.11. The molecule has 0 radical (unpaired) electrons. The first-order chi connectivity index (χ1) is 9.92. The largest absolute Gasteiger partial charge is 0.271 e. The maximum atomic E-state index is 12.9. The second kappa shape index (κ2) is 6.05. The Hall–Kier alpha value is -2.21. The summed E-state index contributed by atoms with van der Waals surface area (Å²) in [5.74, 6) is -0.230. The SMILES string of the molecule is CN=C(NS(=O)(=O)c1ccc(C)cc1)c1ccc(F)cc1. The van der Waals surface area contributed by atoms with E-state index in [9.17, 15) is 12.8 Å². The molecule has 6 heteroatoms. The summed E-state index contributed by atoms with van der Waals surface area (Å²) in [6.07, 6.45) is 0. The molecule has 0 saturated heterocycles. The highest BCUT2D eigenvalue weighted by atomic mass is 32.2. The number of benzene rings is 2. The minimum absolute atomic E-state index is 0.149. The van der Waals surface area contributed by atoms with E-state index in [2.05, 4.69) is 9.71 Å². The van der Waals surface area contributed by atoms with Gasteiger partial charge in [0.05, 0.1) is 4.90 Å². The summed E-state index contributed by atoms with van der Waals surface area (Å²) < 4.78 is 39.9. The van der Waals surface area contributed by atoms with Crippen LogP contribution in [0.3, 0.4) is 0 Å². The molecule has 2 aromatic carbocycles. The molecule has 1 N–H and O–H groups in total. The first-order valence-electron chi connectivity index (χ1n) is 6.24. The second-order valence-electron chi connectivity index (χ2n) is 4.50. The molecule has 4 nitrogen and oxygen atoms in total. The van der Waals surface area contributed by atoms with E-state index in [1.165, 1.54) is 43.4 Å². The Morgan fingerprint density at radius 1 is 1.05 bits per heavy atom. The average molecular weight is 306 g/mol. The van der Waals surface area contributed by atoms with E-state index in [1.54, 1.807) is 12.1 Å². The molecule has 0 aromatic heterocycles. The van der Waals surface area contributed by atoms with Crippen LogP contribution in [0.5, 0.6) is 0 Å². The summed E-state index contributed by atoms with van der Waals surface area (Å²) in [6, 6.07) is 11.9. The maximum absolute atomic E-state index is 12.9. The van der Waals surface area contributed by atoms with E-state index in [1.807, 2.05) is 6.92 Å². The molecule has 0 spiro atoms. The van der Waals surface area contributed by atoms with Gasteiger partial charge in [0.2, 0.25) is 0 Å². The molecule has 0 heterocycles. The van der Waals surface area contributed by atoms with E-state index >= 15 is 0 Å².